The maximum atomic E-state index is 13.1. The maximum Gasteiger partial charge on any atom is 0.210 e. The number of rotatable bonds is 6. The first-order valence-corrected chi connectivity index (χ1v) is 9.87. The highest BCUT2D eigenvalue weighted by molar-refractivity contribution is 6.32. The number of methoxy groups -OCH3 is 1. The highest BCUT2D eigenvalue weighted by Gasteiger charge is 2.42. The predicted molar refractivity (Wildman–Crippen MR) is 117 cm³/mol. The summed E-state index contributed by atoms with van der Waals surface area (Å²) in [4.78, 5) is 13.1. The molecule has 0 saturated heterocycles. The Balaban J connectivity index is 1.62. The van der Waals surface area contributed by atoms with Crippen molar-refractivity contribution in [3.05, 3.63) is 95.6 Å². The van der Waals surface area contributed by atoms with Crippen LogP contribution in [-0.4, -0.2) is 18.5 Å². The van der Waals surface area contributed by atoms with E-state index in [2.05, 4.69) is 0 Å². The highest BCUT2D eigenvalue weighted by atomic mass is 16.5. The van der Waals surface area contributed by atoms with Gasteiger partial charge in [-0.15, -0.1) is 0 Å². The van der Waals surface area contributed by atoms with Crippen molar-refractivity contribution in [2.75, 3.05) is 7.11 Å². The van der Waals surface area contributed by atoms with Crippen LogP contribution < -0.4 is 9.47 Å². The van der Waals surface area contributed by atoms with E-state index >= 15 is 0 Å². The fourth-order valence-corrected chi connectivity index (χ4v) is 3.42. The Kier molecular flexibility index (Phi) is 5.32. The number of carbonyl (C=O) groups is 1. The van der Waals surface area contributed by atoms with Gasteiger partial charge < -0.3 is 14.2 Å². The van der Waals surface area contributed by atoms with E-state index in [0.717, 1.165) is 28.2 Å². The summed E-state index contributed by atoms with van der Waals surface area (Å²) in [6, 6.07) is 25.1. The zero-order valence-corrected chi connectivity index (χ0v) is 17.3. The maximum absolute atomic E-state index is 13.1. The highest BCUT2D eigenvalue weighted by Crippen LogP contribution is 2.41. The Hall–Kier alpha value is -3.53. The Labute approximate surface area is 176 Å². The molecule has 0 amide bonds. The van der Waals surface area contributed by atoms with Crippen molar-refractivity contribution < 1.29 is 19.0 Å². The van der Waals surface area contributed by atoms with Gasteiger partial charge in [0, 0.05) is 5.56 Å². The number of Topliss-reactive ketones (excluding diaryl/α,β-unsaturated/α-hetero) is 1. The van der Waals surface area contributed by atoms with Gasteiger partial charge in [-0.3, -0.25) is 4.79 Å². The van der Waals surface area contributed by atoms with Crippen LogP contribution in [0.3, 0.4) is 0 Å². The Morgan fingerprint density at radius 1 is 0.800 bits per heavy atom. The number of hydrogen-bond donors (Lipinski definition) is 0. The van der Waals surface area contributed by atoms with Gasteiger partial charge in [0.25, 0.3) is 0 Å². The van der Waals surface area contributed by atoms with Gasteiger partial charge in [0.15, 0.2) is 5.60 Å². The molecular weight excluding hydrogens is 376 g/mol. The van der Waals surface area contributed by atoms with Crippen molar-refractivity contribution in [3.63, 3.8) is 0 Å². The molecule has 1 aliphatic rings. The molecule has 0 atom stereocenters. The summed E-state index contributed by atoms with van der Waals surface area (Å²) in [6.45, 7) is 4.09. The Morgan fingerprint density at radius 2 is 1.40 bits per heavy atom. The Bertz CT molecular complexity index is 1060. The van der Waals surface area contributed by atoms with Crippen LogP contribution in [0.25, 0.3) is 11.3 Å². The fourth-order valence-electron chi connectivity index (χ4n) is 3.42. The van der Waals surface area contributed by atoms with Crippen LogP contribution in [0.4, 0.5) is 0 Å². The number of ether oxygens (including phenoxy) is 3. The summed E-state index contributed by atoms with van der Waals surface area (Å²) in [5, 5.41) is 0. The second-order valence-electron chi connectivity index (χ2n) is 7.67. The SMILES string of the molecule is COc1ccc(C2=C(c3ccc(OCc4ccccc4)cc3)OC(C)(C)C2=O)cc1. The molecule has 3 aromatic carbocycles. The standard InChI is InChI=1S/C26H24O4/c1-26(2)25(27)23(19-9-13-21(28-3)14-10-19)24(30-26)20-11-15-22(16-12-20)29-17-18-7-5-4-6-8-18/h4-16H,17H2,1-3H3. The van der Waals surface area contributed by atoms with Gasteiger partial charge >= 0.3 is 0 Å². The van der Waals surface area contributed by atoms with Crippen LogP contribution >= 0.6 is 0 Å². The number of carbonyl (C=O) groups excluding carboxylic acids is 1. The molecule has 0 aromatic heterocycles. The molecule has 1 heterocycles. The van der Waals surface area contributed by atoms with Gasteiger partial charge in [0.1, 0.15) is 23.9 Å². The van der Waals surface area contributed by atoms with Gasteiger partial charge in [0.05, 0.1) is 12.7 Å². The van der Waals surface area contributed by atoms with Crippen LogP contribution in [0.2, 0.25) is 0 Å². The molecule has 0 aliphatic carbocycles. The summed E-state index contributed by atoms with van der Waals surface area (Å²) in [6.07, 6.45) is 0. The average Bonchev–Trinajstić information content (AvgIpc) is 3.02. The molecule has 0 unspecified atom stereocenters. The number of ketones is 1. The average molecular weight is 400 g/mol. The van der Waals surface area contributed by atoms with Crippen molar-refractivity contribution in [2.24, 2.45) is 0 Å². The molecule has 152 valence electrons. The monoisotopic (exact) mass is 400 g/mol. The third-order valence-electron chi connectivity index (χ3n) is 5.10. The fraction of sp³-hybridized carbons (Fsp3) is 0.192. The lowest BCUT2D eigenvalue weighted by atomic mass is 9.92. The number of benzene rings is 3. The molecule has 0 N–H and O–H groups in total. The van der Waals surface area contributed by atoms with Gasteiger partial charge in [-0.1, -0.05) is 42.5 Å². The van der Waals surface area contributed by atoms with E-state index in [-0.39, 0.29) is 5.78 Å². The Morgan fingerprint density at radius 3 is 2.03 bits per heavy atom. The summed E-state index contributed by atoms with van der Waals surface area (Å²) in [5.74, 6) is 2.06. The van der Waals surface area contributed by atoms with Crippen molar-refractivity contribution >= 4 is 17.1 Å². The van der Waals surface area contributed by atoms with E-state index in [1.165, 1.54) is 0 Å². The van der Waals surface area contributed by atoms with Crippen LogP contribution in [0.1, 0.15) is 30.5 Å². The number of hydrogen-bond acceptors (Lipinski definition) is 4. The topological polar surface area (TPSA) is 44.8 Å². The zero-order valence-electron chi connectivity index (χ0n) is 17.3. The zero-order chi connectivity index (χ0) is 21.1. The molecule has 0 radical (unpaired) electrons. The minimum atomic E-state index is -0.910. The molecule has 4 rings (SSSR count). The van der Waals surface area contributed by atoms with Crippen LogP contribution in [0.15, 0.2) is 78.9 Å². The molecule has 30 heavy (non-hydrogen) atoms. The first-order valence-electron chi connectivity index (χ1n) is 9.87. The van der Waals surface area contributed by atoms with E-state index in [0.29, 0.717) is 17.9 Å². The lowest BCUT2D eigenvalue weighted by molar-refractivity contribution is -0.125. The van der Waals surface area contributed by atoms with Crippen LogP contribution in [0.5, 0.6) is 11.5 Å². The third kappa shape index (κ3) is 3.94. The van der Waals surface area contributed by atoms with Gasteiger partial charge in [0.2, 0.25) is 5.78 Å². The summed E-state index contributed by atoms with van der Waals surface area (Å²) < 4.78 is 17.2. The second-order valence-corrected chi connectivity index (χ2v) is 7.67. The molecule has 4 nitrogen and oxygen atoms in total. The molecule has 0 bridgehead atoms. The summed E-state index contributed by atoms with van der Waals surface area (Å²) in [7, 11) is 1.62. The van der Waals surface area contributed by atoms with Crippen molar-refractivity contribution in [3.8, 4) is 11.5 Å². The van der Waals surface area contributed by atoms with E-state index in [9.17, 15) is 4.79 Å². The largest absolute Gasteiger partial charge is 0.497 e. The predicted octanol–water partition coefficient (Wildman–Crippen LogP) is 5.52. The minimum Gasteiger partial charge on any atom is -0.497 e. The molecule has 1 aliphatic heterocycles. The van der Waals surface area contributed by atoms with Crippen molar-refractivity contribution in [1.82, 2.24) is 0 Å². The third-order valence-corrected chi connectivity index (χ3v) is 5.10. The van der Waals surface area contributed by atoms with E-state index < -0.39 is 5.60 Å². The van der Waals surface area contributed by atoms with Gasteiger partial charge in [-0.25, -0.2) is 0 Å². The lowest BCUT2D eigenvalue weighted by Crippen LogP contribution is -2.29. The van der Waals surface area contributed by atoms with Gasteiger partial charge in [-0.2, -0.15) is 0 Å². The van der Waals surface area contributed by atoms with E-state index in [1.54, 1.807) is 21.0 Å². The van der Waals surface area contributed by atoms with Gasteiger partial charge in [-0.05, 0) is 61.4 Å². The molecule has 0 fully saturated rings. The summed E-state index contributed by atoms with van der Waals surface area (Å²) >= 11 is 0. The first kappa shape index (κ1) is 19.8. The molecule has 3 aromatic rings. The minimum absolute atomic E-state index is 0.0351. The lowest BCUT2D eigenvalue weighted by Gasteiger charge is -2.18. The van der Waals surface area contributed by atoms with Crippen LogP contribution in [0, 0.1) is 0 Å². The summed E-state index contributed by atoms with van der Waals surface area (Å²) in [5.41, 5.74) is 2.43. The van der Waals surface area contributed by atoms with E-state index in [1.807, 2.05) is 78.9 Å². The smallest absolute Gasteiger partial charge is 0.210 e. The quantitative estimate of drug-likeness (QED) is 0.546. The first-order chi connectivity index (χ1) is 14.5. The molecule has 0 saturated carbocycles. The molecule has 4 heteroatoms. The molecular formula is C26H24O4. The molecule has 0 spiro atoms. The van der Waals surface area contributed by atoms with Crippen molar-refractivity contribution in [1.29, 1.82) is 0 Å². The van der Waals surface area contributed by atoms with E-state index in [4.69, 9.17) is 14.2 Å². The van der Waals surface area contributed by atoms with Crippen LogP contribution in [-0.2, 0) is 16.1 Å². The second kappa shape index (κ2) is 8.07. The van der Waals surface area contributed by atoms with Crippen molar-refractivity contribution in [2.45, 2.75) is 26.1 Å². The normalized spacial score (nSPS) is 15.1.